The third-order valence-electron chi connectivity index (χ3n) is 4.19. The van der Waals surface area contributed by atoms with Gasteiger partial charge in [-0.15, -0.1) is 0 Å². The van der Waals surface area contributed by atoms with Crippen LogP contribution in [0.4, 0.5) is 9.52 Å². The summed E-state index contributed by atoms with van der Waals surface area (Å²) in [7, 11) is 1.53. The SMILES string of the molecule is COc1ccccc1OCC(=O)Nc1nc(C)c(-c2nc(-c3ccc(F)cc3)no2)s1. The molecule has 8 nitrogen and oxygen atoms in total. The first-order chi connectivity index (χ1) is 15.0. The summed E-state index contributed by atoms with van der Waals surface area (Å²) < 4.78 is 29.1. The predicted octanol–water partition coefficient (Wildman–Crippen LogP) is 4.33. The number of carbonyl (C=O) groups is 1. The maximum Gasteiger partial charge on any atom is 0.270 e. The number of nitrogens with one attached hydrogen (secondary N) is 1. The second-order valence-electron chi connectivity index (χ2n) is 6.35. The molecule has 0 saturated carbocycles. The minimum atomic E-state index is -0.372. The molecule has 1 amide bonds. The molecule has 1 N–H and O–H groups in total. The molecule has 2 aromatic carbocycles. The number of methoxy groups -OCH3 is 1. The fourth-order valence-electron chi connectivity index (χ4n) is 2.72. The van der Waals surface area contributed by atoms with E-state index in [-0.39, 0.29) is 24.2 Å². The van der Waals surface area contributed by atoms with Crippen molar-refractivity contribution in [2.75, 3.05) is 19.0 Å². The van der Waals surface area contributed by atoms with Gasteiger partial charge in [0, 0.05) is 5.56 Å². The number of hydrogen-bond acceptors (Lipinski definition) is 8. The third-order valence-corrected chi connectivity index (χ3v) is 5.25. The number of nitrogens with zero attached hydrogens (tertiary/aromatic N) is 3. The first kappa shape index (κ1) is 20.5. The van der Waals surface area contributed by atoms with Crippen LogP contribution in [0.3, 0.4) is 0 Å². The van der Waals surface area contributed by atoms with Gasteiger partial charge >= 0.3 is 0 Å². The quantitative estimate of drug-likeness (QED) is 0.456. The molecule has 158 valence electrons. The van der Waals surface area contributed by atoms with Gasteiger partial charge in [-0.05, 0) is 43.3 Å². The summed E-state index contributed by atoms with van der Waals surface area (Å²) in [6.07, 6.45) is 0. The van der Waals surface area contributed by atoms with Crippen molar-refractivity contribution in [1.29, 1.82) is 0 Å². The molecule has 31 heavy (non-hydrogen) atoms. The van der Waals surface area contributed by atoms with E-state index in [4.69, 9.17) is 14.0 Å². The topological polar surface area (TPSA) is 99.4 Å². The highest BCUT2D eigenvalue weighted by molar-refractivity contribution is 7.19. The summed E-state index contributed by atoms with van der Waals surface area (Å²) in [4.78, 5) is 21.6. The number of anilines is 1. The summed E-state index contributed by atoms with van der Waals surface area (Å²) in [5.41, 5.74) is 1.25. The Kier molecular flexibility index (Phi) is 5.89. The van der Waals surface area contributed by atoms with Crippen LogP contribution in [0.1, 0.15) is 5.69 Å². The van der Waals surface area contributed by atoms with Crippen molar-refractivity contribution in [2.45, 2.75) is 6.92 Å². The fourth-order valence-corrected chi connectivity index (χ4v) is 3.62. The lowest BCUT2D eigenvalue weighted by atomic mass is 10.2. The molecule has 4 aromatic rings. The molecule has 0 spiro atoms. The lowest BCUT2D eigenvalue weighted by molar-refractivity contribution is -0.118. The Morgan fingerprint density at radius 1 is 1.13 bits per heavy atom. The number of ether oxygens (including phenoxy) is 2. The zero-order valence-corrected chi connectivity index (χ0v) is 17.4. The van der Waals surface area contributed by atoms with Gasteiger partial charge in [-0.3, -0.25) is 10.1 Å². The maximum atomic E-state index is 13.1. The summed E-state index contributed by atoms with van der Waals surface area (Å²) in [6, 6.07) is 12.8. The van der Waals surface area contributed by atoms with Crippen LogP contribution < -0.4 is 14.8 Å². The van der Waals surface area contributed by atoms with Crippen molar-refractivity contribution < 1.29 is 23.2 Å². The third kappa shape index (κ3) is 4.69. The molecule has 0 fully saturated rings. The molecule has 0 aliphatic rings. The fraction of sp³-hybridized carbons (Fsp3) is 0.143. The van der Waals surface area contributed by atoms with Gasteiger partial charge in [0.25, 0.3) is 11.8 Å². The number of hydrogen-bond donors (Lipinski definition) is 1. The van der Waals surface area contributed by atoms with E-state index in [0.29, 0.717) is 38.6 Å². The first-order valence-electron chi connectivity index (χ1n) is 9.16. The molecule has 0 unspecified atom stereocenters. The van der Waals surface area contributed by atoms with E-state index in [9.17, 15) is 9.18 Å². The van der Waals surface area contributed by atoms with Gasteiger partial charge in [0.2, 0.25) is 5.82 Å². The highest BCUT2D eigenvalue weighted by Gasteiger charge is 2.18. The number of thiazole rings is 1. The minimum Gasteiger partial charge on any atom is -0.493 e. The van der Waals surface area contributed by atoms with Gasteiger partial charge in [0.15, 0.2) is 23.2 Å². The van der Waals surface area contributed by atoms with Crippen molar-refractivity contribution in [1.82, 2.24) is 15.1 Å². The van der Waals surface area contributed by atoms with E-state index in [2.05, 4.69) is 20.4 Å². The number of aryl methyl sites for hydroxylation is 1. The summed E-state index contributed by atoms with van der Waals surface area (Å²) in [6.45, 7) is 1.57. The zero-order valence-electron chi connectivity index (χ0n) is 16.6. The molecule has 2 heterocycles. The standard InChI is InChI=1S/C21H17FN4O4S/c1-12-18(20-25-19(26-30-20)13-7-9-14(22)10-8-13)31-21(23-12)24-17(27)11-29-16-6-4-3-5-15(16)28-2/h3-10H,11H2,1-2H3,(H,23,24,27). The van der Waals surface area contributed by atoms with Crippen LogP contribution in [0.5, 0.6) is 11.5 Å². The van der Waals surface area contributed by atoms with E-state index in [1.54, 1.807) is 37.3 Å². The number of aromatic nitrogens is 3. The van der Waals surface area contributed by atoms with Gasteiger partial charge in [-0.2, -0.15) is 4.98 Å². The predicted molar refractivity (Wildman–Crippen MR) is 113 cm³/mol. The number of amides is 1. The molecule has 0 bridgehead atoms. The Morgan fingerprint density at radius 3 is 2.61 bits per heavy atom. The van der Waals surface area contributed by atoms with Crippen LogP contribution in [0.2, 0.25) is 0 Å². The lowest BCUT2D eigenvalue weighted by Crippen LogP contribution is -2.20. The van der Waals surface area contributed by atoms with Crippen LogP contribution >= 0.6 is 11.3 Å². The van der Waals surface area contributed by atoms with Crippen molar-refractivity contribution in [2.24, 2.45) is 0 Å². The smallest absolute Gasteiger partial charge is 0.270 e. The highest BCUT2D eigenvalue weighted by Crippen LogP contribution is 2.33. The number of rotatable bonds is 7. The Balaban J connectivity index is 1.43. The van der Waals surface area contributed by atoms with Crippen molar-refractivity contribution in [3.8, 4) is 33.7 Å². The molecule has 0 atom stereocenters. The largest absolute Gasteiger partial charge is 0.493 e. The summed E-state index contributed by atoms with van der Waals surface area (Å²) in [5, 5.41) is 7.01. The molecule has 2 aromatic heterocycles. The first-order valence-corrected chi connectivity index (χ1v) is 9.98. The van der Waals surface area contributed by atoms with Crippen LogP contribution in [-0.4, -0.2) is 34.7 Å². The average molecular weight is 440 g/mol. The van der Waals surface area contributed by atoms with Gasteiger partial charge in [0.05, 0.1) is 12.8 Å². The Bertz CT molecular complexity index is 1210. The highest BCUT2D eigenvalue weighted by atomic mass is 32.1. The molecule has 4 rings (SSSR count). The van der Waals surface area contributed by atoms with Gasteiger partial charge in [-0.25, -0.2) is 9.37 Å². The number of halogens is 1. The van der Waals surface area contributed by atoms with Crippen molar-refractivity contribution in [3.63, 3.8) is 0 Å². The Morgan fingerprint density at radius 2 is 1.87 bits per heavy atom. The number of para-hydroxylation sites is 2. The van der Waals surface area contributed by atoms with E-state index in [1.165, 1.54) is 30.6 Å². The molecular weight excluding hydrogens is 423 g/mol. The van der Waals surface area contributed by atoms with E-state index < -0.39 is 0 Å². The van der Waals surface area contributed by atoms with E-state index >= 15 is 0 Å². The summed E-state index contributed by atoms with van der Waals surface area (Å²) >= 11 is 1.20. The van der Waals surface area contributed by atoms with Crippen LogP contribution in [0, 0.1) is 12.7 Å². The lowest BCUT2D eigenvalue weighted by Gasteiger charge is -2.09. The van der Waals surface area contributed by atoms with Crippen molar-refractivity contribution >= 4 is 22.4 Å². The van der Waals surface area contributed by atoms with E-state index in [0.717, 1.165) is 0 Å². The molecular formula is C21H17FN4O4S. The average Bonchev–Trinajstić information content (AvgIpc) is 3.39. The second kappa shape index (κ2) is 8.92. The summed E-state index contributed by atoms with van der Waals surface area (Å²) in [5.74, 6) is 0.884. The van der Waals surface area contributed by atoms with E-state index in [1.807, 2.05) is 6.07 Å². The monoisotopic (exact) mass is 440 g/mol. The molecule has 10 heteroatoms. The Hall–Kier alpha value is -3.79. The maximum absolute atomic E-state index is 13.1. The van der Waals surface area contributed by atoms with Crippen molar-refractivity contribution in [3.05, 3.63) is 60.0 Å². The molecule has 0 aliphatic heterocycles. The normalized spacial score (nSPS) is 10.7. The molecule has 0 saturated heterocycles. The Labute approximate surface area is 180 Å². The molecule has 0 aliphatic carbocycles. The zero-order chi connectivity index (χ0) is 21.8. The van der Waals surface area contributed by atoms with Gasteiger partial charge in [0.1, 0.15) is 10.7 Å². The number of benzene rings is 2. The number of carbonyl (C=O) groups excluding carboxylic acids is 1. The van der Waals surface area contributed by atoms with Crippen LogP contribution in [0.15, 0.2) is 53.1 Å². The minimum absolute atomic E-state index is 0.205. The van der Waals surface area contributed by atoms with Gasteiger partial charge in [-0.1, -0.05) is 28.6 Å². The van der Waals surface area contributed by atoms with Gasteiger partial charge < -0.3 is 14.0 Å². The van der Waals surface area contributed by atoms with Crippen LogP contribution in [0.25, 0.3) is 22.2 Å². The van der Waals surface area contributed by atoms with Crippen LogP contribution in [-0.2, 0) is 4.79 Å². The molecule has 0 radical (unpaired) electrons. The second-order valence-corrected chi connectivity index (χ2v) is 7.35.